The summed E-state index contributed by atoms with van der Waals surface area (Å²) in [5, 5.41) is 9.46. The van der Waals surface area contributed by atoms with Gasteiger partial charge in [-0.05, 0) is 30.0 Å². The summed E-state index contributed by atoms with van der Waals surface area (Å²) in [5.41, 5.74) is 9.50. The first-order valence-electron chi connectivity index (χ1n) is 10.4. The van der Waals surface area contributed by atoms with E-state index in [2.05, 4.69) is 15.0 Å². The van der Waals surface area contributed by atoms with Crippen molar-refractivity contribution < 1.29 is 23.4 Å². The maximum absolute atomic E-state index is 13.7. The van der Waals surface area contributed by atoms with Gasteiger partial charge in [-0.1, -0.05) is 24.3 Å². The number of anilines is 2. The number of aryl methyl sites for hydroxylation is 2. The molecule has 3 aromatic rings. The number of nitrogens with zero attached hydrogens (tertiary/aromatic N) is 4. The van der Waals surface area contributed by atoms with E-state index in [0.29, 0.717) is 35.6 Å². The fourth-order valence-electron chi connectivity index (χ4n) is 3.99. The lowest BCUT2D eigenvalue weighted by atomic mass is 9.95. The van der Waals surface area contributed by atoms with Gasteiger partial charge in [0, 0.05) is 30.9 Å². The lowest BCUT2D eigenvalue weighted by Gasteiger charge is -2.21. The van der Waals surface area contributed by atoms with Crippen LogP contribution < -0.4 is 15.4 Å². The van der Waals surface area contributed by atoms with E-state index in [1.165, 1.54) is 18.2 Å². The second kappa shape index (κ2) is 8.97. The maximum atomic E-state index is 13.7. The first-order valence-corrected chi connectivity index (χ1v) is 10.4. The molecule has 0 saturated carbocycles. The third-order valence-electron chi connectivity index (χ3n) is 5.64. The molecular formula is C23H23F2N5O3. The van der Waals surface area contributed by atoms with Gasteiger partial charge in [0.15, 0.2) is 5.82 Å². The van der Waals surface area contributed by atoms with Crippen molar-refractivity contribution in [2.45, 2.75) is 25.2 Å². The van der Waals surface area contributed by atoms with E-state index in [1.54, 1.807) is 12.3 Å². The summed E-state index contributed by atoms with van der Waals surface area (Å²) in [4.78, 5) is 25.4. The lowest BCUT2D eigenvalue weighted by molar-refractivity contribution is 0.0256. The van der Waals surface area contributed by atoms with E-state index in [-0.39, 0.29) is 24.5 Å². The minimum atomic E-state index is -2.76. The number of nitrogens with two attached hydrogens (primary N) is 1. The van der Waals surface area contributed by atoms with E-state index in [1.807, 2.05) is 24.3 Å². The summed E-state index contributed by atoms with van der Waals surface area (Å²) in [6, 6.07) is 9.38. The molecule has 3 N–H and O–H groups in total. The molecule has 4 rings (SSSR count). The minimum absolute atomic E-state index is 0.00829. The average Bonchev–Trinajstić information content (AvgIpc) is 3.17. The minimum Gasteiger partial charge on any atom is -0.478 e. The van der Waals surface area contributed by atoms with Gasteiger partial charge in [-0.2, -0.15) is 4.98 Å². The third kappa shape index (κ3) is 4.69. The number of carboxylic acids is 1. The van der Waals surface area contributed by atoms with Crippen LogP contribution in [0.25, 0.3) is 11.1 Å². The van der Waals surface area contributed by atoms with Crippen LogP contribution in [-0.2, 0) is 12.8 Å². The molecule has 0 bridgehead atoms. The van der Waals surface area contributed by atoms with Crippen LogP contribution >= 0.6 is 0 Å². The van der Waals surface area contributed by atoms with Crippen LogP contribution in [0.15, 0.2) is 42.7 Å². The Bertz CT molecular complexity index is 1190. The number of benzene rings is 1. The summed E-state index contributed by atoms with van der Waals surface area (Å²) in [6.07, 6.45) is 3.35. The number of carbonyl (C=O) groups is 1. The Labute approximate surface area is 189 Å². The number of ether oxygens (including phenoxy) is 1. The molecule has 0 atom stereocenters. The molecule has 2 aromatic heterocycles. The summed E-state index contributed by atoms with van der Waals surface area (Å²) in [7, 11) is 1.41. The summed E-state index contributed by atoms with van der Waals surface area (Å²) in [5.74, 6) is -3.54. The summed E-state index contributed by atoms with van der Waals surface area (Å²) >= 11 is 0. The monoisotopic (exact) mass is 455 g/mol. The van der Waals surface area contributed by atoms with Crippen molar-refractivity contribution in [2.75, 3.05) is 30.8 Å². The molecular weight excluding hydrogens is 432 g/mol. The Morgan fingerprint density at radius 1 is 1.21 bits per heavy atom. The molecule has 33 heavy (non-hydrogen) atoms. The van der Waals surface area contributed by atoms with Crippen LogP contribution in [0.2, 0.25) is 0 Å². The average molecular weight is 455 g/mol. The number of carboxylic acid groups (broad SMARTS) is 1. The first-order chi connectivity index (χ1) is 15.8. The second-order valence-corrected chi connectivity index (χ2v) is 7.80. The molecule has 0 radical (unpaired) electrons. The highest BCUT2D eigenvalue weighted by molar-refractivity contribution is 5.88. The van der Waals surface area contributed by atoms with Gasteiger partial charge in [0.1, 0.15) is 0 Å². The van der Waals surface area contributed by atoms with E-state index in [9.17, 15) is 18.7 Å². The largest absolute Gasteiger partial charge is 0.478 e. The van der Waals surface area contributed by atoms with Crippen molar-refractivity contribution in [1.29, 1.82) is 0 Å². The van der Waals surface area contributed by atoms with Gasteiger partial charge in [0.2, 0.25) is 0 Å². The van der Waals surface area contributed by atoms with Crippen LogP contribution in [0, 0.1) is 0 Å². The number of methoxy groups -OCH3 is 1. The third-order valence-corrected chi connectivity index (χ3v) is 5.64. The Kier molecular flexibility index (Phi) is 6.08. The van der Waals surface area contributed by atoms with E-state index in [0.717, 1.165) is 11.1 Å². The van der Waals surface area contributed by atoms with Crippen molar-refractivity contribution in [3.05, 3.63) is 59.5 Å². The van der Waals surface area contributed by atoms with Crippen molar-refractivity contribution in [3.8, 4) is 17.1 Å². The number of alkyl halides is 2. The Morgan fingerprint density at radius 2 is 2.00 bits per heavy atom. The number of hydrogen-bond acceptors (Lipinski definition) is 7. The summed E-state index contributed by atoms with van der Waals surface area (Å²) < 4.78 is 32.5. The van der Waals surface area contributed by atoms with Gasteiger partial charge in [-0.25, -0.2) is 23.5 Å². The zero-order valence-corrected chi connectivity index (χ0v) is 18.0. The van der Waals surface area contributed by atoms with Gasteiger partial charge in [0.05, 0.1) is 30.6 Å². The number of halogens is 2. The Hall–Kier alpha value is -3.82. The Balaban J connectivity index is 1.65. The molecule has 172 valence electrons. The molecule has 0 spiro atoms. The second-order valence-electron chi connectivity index (χ2n) is 7.80. The summed E-state index contributed by atoms with van der Waals surface area (Å²) in [6.45, 7) is -0.231. The van der Waals surface area contributed by atoms with E-state index in [4.69, 9.17) is 10.5 Å². The van der Waals surface area contributed by atoms with E-state index >= 15 is 0 Å². The Morgan fingerprint density at radius 3 is 2.70 bits per heavy atom. The fourth-order valence-corrected chi connectivity index (χ4v) is 3.99. The molecule has 1 saturated heterocycles. The molecule has 10 heteroatoms. The van der Waals surface area contributed by atoms with Gasteiger partial charge in [-0.3, -0.25) is 0 Å². The molecule has 0 amide bonds. The fraction of sp³-hybridized carbons (Fsp3) is 0.304. The smallest absolute Gasteiger partial charge is 0.339 e. The van der Waals surface area contributed by atoms with Crippen molar-refractivity contribution in [1.82, 2.24) is 15.0 Å². The van der Waals surface area contributed by atoms with Gasteiger partial charge >= 0.3 is 12.0 Å². The normalized spacial score (nSPS) is 14.9. The number of pyridine rings is 1. The predicted octanol–water partition coefficient (Wildman–Crippen LogP) is 3.46. The van der Waals surface area contributed by atoms with Crippen LogP contribution in [0.1, 0.15) is 28.0 Å². The number of aromatic carboxylic acids is 1. The number of aromatic nitrogens is 3. The molecule has 8 nitrogen and oxygen atoms in total. The topological polar surface area (TPSA) is 114 Å². The molecule has 1 fully saturated rings. The molecule has 1 aromatic carbocycles. The lowest BCUT2D eigenvalue weighted by Crippen LogP contribution is -2.26. The SMILES string of the molecule is COc1ncc(C(=O)O)c(CCc2ccccc2-c2ccnc(N3CCC(F)(F)C3)c2N)n1. The molecule has 1 aliphatic heterocycles. The highest BCUT2D eigenvalue weighted by atomic mass is 19.3. The van der Waals surface area contributed by atoms with Crippen LogP contribution in [0.4, 0.5) is 20.3 Å². The van der Waals surface area contributed by atoms with Gasteiger partial charge < -0.3 is 20.5 Å². The van der Waals surface area contributed by atoms with E-state index < -0.39 is 18.4 Å². The van der Waals surface area contributed by atoms with Crippen LogP contribution in [0.3, 0.4) is 0 Å². The van der Waals surface area contributed by atoms with Crippen LogP contribution in [-0.4, -0.2) is 52.1 Å². The number of nitrogen functional groups attached to an aromatic ring is 1. The van der Waals surface area contributed by atoms with Crippen molar-refractivity contribution in [3.63, 3.8) is 0 Å². The zero-order chi connectivity index (χ0) is 23.6. The highest BCUT2D eigenvalue weighted by Gasteiger charge is 2.39. The predicted molar refractivity (Wildman–Crippen MR) is 119 cm³/mol. The molecule has 0 aliphatic carbocycles. The van der Waals surface area contributed by atoms with Crippen molar-refractivity contribution >= 4 is 17.5 Å². The number of rotatable bonds is 7. The van der Waals surface area contributed by atoms with Crippen molar-refractivity contribution in [2.24, 2.45) is 0 Å². The molecule has 1 aliphatic rings. The standard InChI is InChI=1S/C23H23F2N5O3/c1-33-22-28-12-17(21(31)32)18(29-22)7-6-14-4-2-3-5-15(14)16-8-10-27-20(19(16)26)30-11-9-23(24,25)13-30/h2-5,8,10,12H,6-7,9,11,13,26H2,1H3,(H,31,32). The first kappa shape index (κ1) is 22.4. The van der Waals surface area contributed by atoms with Gasteiger partial charge in [-0.15, -0.1) is 0 Å². The molecule has 3 heterocycles. The van der Waals surface area contributed by atoms with Gasteiger partial charge in [0.25, 0.3) is 5.92 Å². The molecule has 0 unspecified atom stereocenters. The quantitative estimate of drug-likeness (QED) is 0.557. The maximum Gasteiger partial charge on any atom is 0.339 e. The highest BCUT2D eigenvalue weighted by Crippen LogP contribution is 2.38. The zero-order valence-electron chi connectivity index (χ0n) is 18.0. The number of hydrogen-bond donors (Lipinski definition) is 2. The van der Waals surface area contributed by atoms with Crippen LogP contribution in [0.5, 0.6) is 6.01 Å².